The van der Waals surface area contributed by atoms with E-state index in [2.05, 4.69) is 26.0 Å². The highest BCUT2D eigenvalue weighted by Crippen LogP contribution is 2.36. The van der Waals surface area contributed by atoms with E-state index in [1.807, 2.05) is 0 Å². The van der Waals surface area contributed by atoms with Crippen molar-refractivity contribution in [3.05, 3.63) is 12.2 Å². The van der Waals surface area contributed by atoms with Gasteiger partial charge in [-0.05, 0) is 57.3 Å². The maximum absolute atomic E-state index is 10.9. The van der Waals surface area contributed by atoms with E-state index in [0.29, 0.717) is 6.42 Å². The van der Waals surface area contributed by atoms with E-state index < -0.39 is 0 Å². The molecule has 25 heavy (non-hydrogen) atoms. The maximum atomic E-state index is 10.9. The summed E-state index contributed by atoms with van der Waals surface area (Å²) in [4.78, 5) is 10.9. The largest absolute Gasteiger partial charge is 0.393 e. The Hall–Kier alpha value is -0.710. The Labute approximate surface area is 153 Å². The van der Waals surface area contributed by atoms with E-state index in [0.717, 1.165) is 57.8 Å². The molecule has 1 saturated heterocycles. The lowest BCUT2D eigenvalue weighted by molar-refractivity contribution is -0.208. The topological polar surface area (TPSA) is 55.8 Å². The highest BCUT2D eigenvalue weighted by atomic mass is 16.7. The Morgan fingerprint density at radius 3 is 2.76 bits per heavy atom. The van der Waals surface area contributed by atoms with E-state index in [1.165, 1.54) is 12.8 Å². The van der Waals surface area contributed by atoms with Crippen LogP contribution in [0.25, 0.3) is 0 Å². The molecule has 1 N–H and O–H groups in total. The Morgan fingerprint density at radius 2 is 2.08 bits per heavy atom. The summed E-state index contributed by atoms with van der Waals surface area (Å²) in [5.74, 6) is 0.321. The Bertz CT molecular complexity index is 416. The van der Waals surface area contributed by atoms with Crippen LogP contribution in [-0.4, -0.2) is 36.0 Å². The van der Waals surface area contributed by atoms with Gasteiger partial charge in [0.05, 0.1) is 11.7 Å². The lowest BCUT2D eigenvalue weighted by Crippen LogP contribution is -2.35. The van der Waals surface area contributed by atoms with Gasteiger partial charge in [-0.2, -0.15) is 0 Å². The van der Waals surface area contributed by atoms with Crippen molar-refractivity contribution in [2.45, 2.75) is 96.1 Å². The molecule has 1 saturated carbocycles. The summed E-state index contributed by atoms with van der Waals surface area (Å²) in [5.41, 5.74) is -0.337. The molecule has 0 spiro atoms. The number of aliphatic hydroxyl groups is 1. The minimum Gasteiger partial charge on any atom is -0.393 e. The predicted octanol–water partition coefficient (Wildman–Crippen LogP) is 4.40. The summed E-state index contributed by atoms with van der Waals surface area (Å²) in [5, 5.41) is 10.1. The third-order valence-electron chi connectivity index (χ3n) is 5.72. The lowest BCUT2D eigenvalue weighted by atomic mass is 9.89. The predicted molar refractivity (Wildman–Crippen MR) is 99.3 cm³/mol. The van der Waals surface area contributed by atoms with Crippen molar-refractivity contribution in [2.75, 3.05) is 6.61 Å². The molecular weight excluding hydrogens is 316 g/mol. The van der Waals surface area contributed by atoms with Gasteiger partial charge in [-0.15, -0.1) is 0 Å². The van der Waals surface area contributed by atoms with Crippen molar-refractivity contribution in [1.29, 1.82) is 0 Å². The highest BCUT2D eigenvalue weighted by Gasteiger charge is 2.34. The summed E-state index contributed by atoms with van der Waals surface area (Å²) in [7, 11) is 0. The number of unbranched alkanes of at least 4 members (excludes halogenated alkanes) is 2. The van der Waals surface area contributed by atoms with Gasteiger partial charge in [0.25, 0.3) is 0 Å². The average Bonchev–Trinajstić information content (AvgIpc) is 2.95. The van der Waals surface area contributed by atoms with Gasteiger partial charge in [0.1, 0.15) is 6.29 Å². The number of carbonyl (C=O) groups excluding carboxylic acids is 1. The normalized spacial score (nSPS) is 32.8. The van der Waals surface area contributed by atoms with Crippen molar-refractivity contribution >= 4 is 6.29 Å². The second kappa shape index (κ2) is 10.4. The molecule has 1 aliphatic carbocycles. The van der Waals surface area contributed by atoms with Gasteiger partial charge in [-0.25, -0.2) is 0 Å². The monoisotopic (exact) mass is 352 g/mol. The number of hydrogen-bond acceptors (Lipinski definition) is 4. The van der Waals surface area contributed by atoms with Crippen LogP contribution in [0.1, 0.15) is 78.1 Å². The fraction of sp³-hybridized carbons (Fsp3) is 0.857. The molecule has 0 aromatic rings. The van der Waals surface area contributed by atoms with Crippen molar-refractivity contribution in [2.24, 2.45) is 11.8 Å². The SMILES string of the molecule is CCCCC[C@@](C)(C=C[C@@H]1CC[C@@H](O)[C@H]1CC=O)OC1CCCCO1. The fourth-order valence-electron chi connectivity index (χ4n) is 4.10. The molecule has 144 valence electrons. The molecular formula is C21H36O4. The molecule has 4 nitrogen and oxygen atoms in total. The van der Waals surface area contributed by atoms with Crippen LogP contribution in [0.5, 0.6) is 0 Å². The number of allylic oxidation sites excluding steroid dienone is 1. The Morgan fingerprint density at radius 1 is 1.24 bits per heavy atom. The van der Waals surface area contributed by atoms with Crippen LogP contribution in [0, 0.1) is 11.8 Å². The van der Waals surface area contributed by atoms with Gasteiger partial charge >= 0.3 is 0 Å². The summed E-state index contributed by atoms with van der Waals surface area (Å²) < 4.78 is 12.2. The summed E-state index contributed by atoms with van der Waals surface area (Å²) in [6.07, 6.45) is 14.8. The Kier molecular flexibility index (Phi) is 8.60. The standard InChI is InChI=1S/C21H36O4/c1-3-4-6-13-21(2,25-20-8-5-7-16-24-20)14-11-17-9-10-19(23)18(17)12-15-22/h11,14-15,17-20,23H,3-10,12-13,16H2,1-2H3/t17-,18-,19+,20?,21-/m0/s1. The number of hydrogen-bond donors (Lipinski definition) is 1. The van der Waals surface area contributed by atoms with Crippen LogP contribution in [-0.2, 0) is 14.3 Å². The van der Waals surface area contributed by atoms with Crippen molar-refractivity contribution in [1.82, 2.24) is 0 Å². The van der Waals surface area contributed by atoms with Crippen LogP contribution < -0.4 is 0 Å². The molecule has 5 atom stereocenters. The van der Waals surface area contributed by atoms with Crippen molar-refractivity contribution < 1.29 is 19.4 Å². The number of ether oxygens (including phenoxy) is 2. The zero-order chi connectivity index (χ0) is 18.1. The van der Waals surface area contributed by atoms with Gasteiger partial charge in [0, 0.05) is 13.0 Å². The fourth-order valence-corrected chi connectivity index (χ4v) is 4.10. The minimum atomic E-state index is -0.353. The number of aldehydes is 1. The van der Waals surface area contributed by atoms with Crippen LogP contribution in [0.15, 0.2) is 12.2 Å². The second-order valence-corrected chi connectivity index (χ2v) is 7.92. The molecule has 1 aliphatic heterocycles. The first-order chi connectivity index (χ1) is 12.1. The number of carbonyl (C=O) groups is 1. The quantitative estimate of drug-likeness (QED) is 0.360. The van der Waals surface area contributed by atoms with Gasteiger partial charge in [-0.3, -0.25) is 0 Å². The highest BCUT2D eigenvalue weighted by molar-refractivity contribution is 5.50. The smallest absolute Gasteiger partial charge is 0.158 e. The summed E-state index contributed by atoms with van der Waals surface area (Å²) in [6.45, 7) is 5.15. The van der Waals surface area contributed by atoms with Gasteiger partial charge in [-0.1, -0.05) is 38.3 Å². The van der Waals surface area contributed by atoms with E-state index in [9.17, 15) is 9.90 Å². The van der Waals surface area contributed by atoms with Crippen molar-refractivity contribution in [3.63, 3.8) is 0 Å². The van der Waals surface area contributed by atoms with E-state index in [4.69, 9.17) is 9.47 Å². The van der Waals surface area contributed by atoms with Crippen LogP contribution >= 0.6 is 0 Å². The van der Waals surface area contributed by atoms with Gasteiger partial charge in [0.15, 0.2) is 6.29 Å². The zero-order valence-corrected chi connectivity index (χ0v) is 16.0. The maximum Gasteiger partial charge on any atom is 0.158 e. The molecule has 1 heterocycles. The molecule has 0 bridgehead atoms. The van der Waals surface area contributed by atoms with E-state index in [-0.39, 0.29) is 29.8 Å². The molecule has 2 rings (SSSR count). The zero-order valence-electron chi connectivity index (χ0n) is 16.0. The first kappa shape index (κ1) is 20.6. The number of rotatable bonds is 10. The average molecular weight is 353 g/mol. The van der Waals surface area contributed by atoms with Gasteiger partial charge < -0.3 is 19.4 Å². The summed E-state index contributed by atoms with van der Waals surface area (Å²) >= 11 is 0. The van der Waals surface area contributed by atoms with E-state index in [1.54, 1.807) is 0 Å². The molecule has 2 aliphatic rings. The van der Waals surface area contributed by atoms with E-state index >= 15 is 0 Å². The molecule has 0 aromatic carbocycles. The van der Waals surface area contributed by atoms with Gasteiger partial charge in [0.2, 0.25) is 0 Å². The third-order valence-corrected chi connectivity index (χ3v) is 5.72. The molecule has 2 fully saturated rings. The van der Waals surface area contributed by atoms with Crippen molar-refractivity contribution in [3.8, 4) is 0 Å². The third kappa shape index (κ3) is 6.50. The molecule has 4 heteroatoms. The molecule has 0 amide bonds. The van der Waals surface area contributed by atoms with Crippen LogP contribution in [0.2, 0.25) is 0 Å². The number of aliphatic hydroxyl groups excluding tert-OH is 1. The lowest BCUT2D eigenvalue weighted by Gasteiger charge is -2.34. The summed E-state index contributed by atoms with van der Waals surface area (Å²) in [6, 6.07) is 0. The van der Waals surface area contributed by atoms with Crippen LogP contribution in [0.4, 0.5) is 0 Å². The second-order valence-electron chi connectivity index (χ2n) is 7.92. The van der Waals surface area contributed by atoms with Crippen LogP contribution in [0.3, 0.4) is 0 Å². The molecule has 1 unspecified atom stereocenters. The minimum absolute atomic E-state index is 0.0552. The first-order valence-corrected chi connectivity index (χ1v) is 10.2. The Balaban J connectivity index is 2.01. The molecule has 0 radical (unpaired) electrons. The molecule has 0 aromatic heterocycles. The first-order valence-electron chi connectivity index (χ1n) is 10.2.